The Bertz CT molecular complexity index is 836. The van der Waals surface area contributed by atoms with Gasteiger partial charge in [-0.2, -0.15) is 0 Å². The van der Waals surface area contributed by atoms with E-state index >= 15 is 0 Å². The van der Waals surface area contributed by atoms with Gasteiger partial charge in [0.15, 0.2) is 0 Å². The molecule has 0 saturated heterocycles. The maximum Gasteiger partial charge on any atom is 0.271 e. The molecule has 0 saturated carbocycles. The number of carbonyl (C=O) groups is 1. The molecule has 3 aromatic rings. The van der Waals surface area contributed by atoms with Crippen molar-refractivity contribution in [2.45, 2.75) is 12.8 Å². The zero-order chi connectivity index (χ0) is 18.2. The molecule has 3 rings (SSSR count). The molecular formula is C20H19ClN4O. The summed E-state index contributed by atoms with van der Waals surface area (Å²) in [5, 5.41) is 6.64. The maximum absolute atomic E-state index is 12.1. The van der Waals surface area contributed by atoms with Crippen molar-refractivity contribution in [2.24, 2.45) is 0 Å². The third-order valence-electron chi connectivity index (χ3n) is 3.77. The highest BCUT2D eigenvalue weighted by Gasteiger charge is 2.07. The summed E-state index contributed by atoms with van der Waals surface area (Å²) < 4.78 is 0. The monoisotopic (exact) mass is 366 g/mol. The molecule has 6 heteroatoms. The Morgan fingerprint density at radius 2 is 1.73 bits per heavy atom. The van der Waals surface area contributed by atoms with Crippen molar-refractivity contribution in [3.63, 3.8) is 0 Å². The van der Waals surface area contributed by atoms with Gasteiger partial charge in [-0.1, -0.05) is 41.9 Å². The van der Waals surface area contributed by atoms with Crippen LogP contribution in [0.1, 0.15) is 22.5 Å². The van der Waals surface area contributed by atoms with Crippen LogP contribution in [0.4, 0.5) is 11.5 Å². The van der Waals surface area contributed by atoms with Gasteiger partial charge in [-0.15, -0.1) is 0 Å². The maximum atomic E-state index is 12.1. The highest BCUT2D eigenvalue weighted by molar-refractivity contribution is 6.30. The van der Waals surface area contributed by atoms with Gasteiger partial charge in [-0.3, -0.25) is 4.79 Å². The molecule has 0 radical (unpaired) electrons. The molecule has 1 heterocycles. The van der Waals surface area contributed by atoms with E-state index in [1.165, 1.54) is 18.0 Å². The number of rotatable bonds is 7. The summed E-state index contributed by atoms with van der Waals surface area (Å²) >= 11 is 5.86. The van der Waals surface area contributed by atoms with Gasteiger partial charge in [-0.25, -0.2) is 9.97 Å². The van der Waals surface area contributed by atoms with Gasteiger partial charge < -0.3 is 10.6 Å². The van der Waals surface area contributed by atoms with Crippen molar-refractivity contribution < 1.29 is 4.79 Å². The van der Waals surface area contributed by atoms with Crippen LogP contribution in [0.25, 0.3) is 0 Å². The molecular weight excluding hydrogens is 348 g/mol. The van der Waals surface area contributed by atoms with E-state index in [9.17, 15) is 4.79 Å². The number of amides is 1. The van der Waals surface area contributed by atoms with Crippen LogP contribution in [0, 0.1) is 0 Å². The zero-order valence-corrected chi connectivity index (χ0v) is 14.9. The topological polar surface area (TPSA) is 66.9 Å². The first-order valence-corrected chi connectivity index (χ1v) is 8.75. The zero-order valence-electron chi connectivity index (χ0n) is 14.2. The molecule has 2 N–H and O–H groups in total. The molecule has 0 aliphatic rings. The van der Waals surface area contributed by atoms with Gasteiger partial charge in [0, 0.05) is 17.3 Å². The second-order valence-corrected chi connectivity index (χ2v) is 6.20. The molecule has 132 valence electrons. The molecule has 5 nitrogen and oxygen atoms in total. The number of aryl methyl sites for hydroxylation is 1. The summed E-state index contributed by atoms with van der Waals surface area (Å²) in [6.45, 7) is 0.597. The third kappa shape index (κ3) is 5.29. The fraction of sp³-hybridized carbons (Fsp3) is 0.150. The number of hydrogen-bond acceptors (Lipinski definition) is 4. The quantitative estimate of drug-likeness (QED) is 0.614. The Labute approximate surface area is 157 Å². The largest absolute Gasteiger partial charge is 0.351 e. The first-order chi connectivity index (χ1) is 12.7. The van der Waals surface area contributed by atoms with Gasteiger partial charge in [0.2, 0.25) is 0 Å². The third-order valence-corrected chi connectivity index (χ3v) is 4.02. The van der Waals surface area contributed by atoms with Crippen LogP contribution < -0.4 is 10.6 Å². The molecule has 0 aliphatic carbocycles. The number of aromatic nitrogens is 2. The highest BCUT2D eigenvalue weighted by Crippen LogP contribution is 2.16. The Hall–Kier alpha value is -2.92. The lowest BCUT2D eigenvalue weighted by Gasteiger charge is -2.07. The molecule has 0 spiro atoms. The first kappa shape index (κ1) is 17.9. The number of nitrogens with zero attached hydrogens (tertiary/aromatic N) is 2. The Morgan fingerprint density at radius 1 is 0.962 bits per heavy atom. The van der Waals surface area contributed by atoms with Crippen molar-refractivity contribution in [3.05, 3.63) is 83.3 Å². The Balaban J connectivity index is 1.46. The molecule has 1 aromatic heterocycles. The van der Waals surface area contributed by atoms with Gasteiger partial charge >= 0.3 is 0 Å². The van der Waals surface area contributed by atoms with Crippen molar-refractivity contribution in [3.8, 4) is 0 Å². The molecule has 0 aliphatic heterocycles. The predicted molar refractivity (Wildman–Crippen MR) is 104 cm³/mol. The van der Waals surface area contributed by atoms with Crippen LogP contribution in [0.5, 0.6) is 0 Å². The summed E-state index contributed by atoms with van der Waals surface area (Å²) in [5.41, 5.74) is 2.41. The number of nitrogens with one attached hydrogen (secondary N) is 2. The van der Waals surface area contributed by atoms with Crippen LogP contribution in [0.2, 0.25) is 5.02 Å². The van der Waals surface area contributed by atoms with Crippen LogP contribution in [-0.4, -0.2) is 22.4 Å². The second kappa shape index (κ2) is 8.97. The SMILES string of the molecule is O=C(NCCCc1ccccc1)c1cnc(Nc2ccc(Cl)cc2)cn1. The van der Waals surface area contributed by atoms with Crippen LogP contribution in [0.15, 0.2) is 67.0 Å². The number of benzene rings is 2. The second-order valence-electron chi connectivity index (χ2n) is 5.76. The summed E-state index contributed by atoms with van der Waals surface area (Å²) in [5.74, 6) is 0.344. The van der Waals surface area contributed by atoms with E-state index in [-0.39, 0.29) is 5.91 Å². The van der Waals surface area contributed by atoms with E-state index in [0.717, 1.165) is 18.5 Å². The van der Waals surface area contributed by atoms with E-state index in [0.29, 0.717) is 23.1 Å². The van der Waals surface area contributed by atoms with E-state index < -0.39 is 0 Å². The van der Waals surface area contributed by atoms with Gasteiger partial charge in [0.05, 0.1) is 12.4 Å². The molecule has 0 bridgehead atoms. The molecule has 0 atom stereocenters. The molecule has 2 aromatic carbocycles. The van der Waals surface area contributed by atoms with Gasteiger partial charge in [0.1, 0.15) is 11.5 Å². The average Bonchev–Trinajstić information content (AvgIpc) is 2.68. The normalized spacial score (nSPS) is 10.3. The number of anilines is 2. The van der Waals surface area contributed by atoms with Crippen molar-refractivity contribution in [1.29, 1.82) is 0 Å². The van der Waals surface area contributed by atoms with E-state index in [2.05, 4.69) is 32.7 Å². The van der Waals surface area contributed by atoms with Crippen molar-refractivity contribution in [2.75, 3.05) is 11.9 Å². The van der Waals surface area contributed by atoms with Crippen LogP contribution in [-0.2, 0) is 6.42 Å². The lowest BCUT2D eigenvalue weighted by atomic mass is 10.1. The smallest absolute Gasteiger partial charge is 0.271 e. The Kier molecular flexibility index (Phi) is 6.17. The summed E-state index contributed by atoms with van der Waals surface area (Å²) in [7, 11) is 0. The minimum Gasteiger partial charge on any atom is -0.351 e. The summed E-state index contributed by atoms with van der Waals surface area (Å²) in [6, 6.07) is 17.5. The molecule has 1 amide bonds. The minimum absolute atomic E-state index is 0.219. The van der Waals surface area contributed by atoms with Gasteiger partial charge in [-0.05, 0) is 42.7 Å². The fourth-order valence-corrected chi connectivity index (χ4v) is 2.55. The van der Waals surface area contributed by atoms with Crippen molar-refractivity contribution in [1.82, 2.24) is 15.3 Å². The van der Waals surface area contributed by atoms with E-state index in [4.69, 9.17) is 11.6 Å². The molecule has 0 fully saturated rings. The van der Waals surface area contributed by atoms with E-state index in [1.807, 2.05) is 30.3 Å². The predicted octanol–water partition coefficient (Wildman–Crippen LogP) is 4.24. The van der Waals surface area contributed by atoms with Crippen LogP contribution >= 0.6 is 11.6 Å². The highest BCUT2D eigenvalue weighted by atomic mass is 35.5. The summed E-state index contributed by atoms with van der Waals surface area (Å²) in [6.07, 6.45) is 4.80. The molecule has 26 heavy (non-hydrogen) atoms. The van der Waals surface area contributed by atoms with Crippen LogP contribution in [0.3, 0.4) is 0 Å². The standard InChI is InChI=1S/C20H19ClN4O/c21-16-8-10-17(11-9-16)25-19-14-23-18(13-24-19)20(26)22-12-4-7-15-5-2-1-3-6-15/h1-3,5-6,8-11,13-14H,4,7,12H2,(H,22,26)(H,24,25). The van der Waals surface area contributed by atoms with E-state index in [1.54, 1.807) is 12.1 Å². The average molecular weight is 367 g/mol. The number of hydrogen-bond donors (Lipinski definition) is 2. The summed E-state index contributed by atoms with van der Waals surface area (Å²) in [4.78, 5) is 20.5. The Morgan fingerprint density at radius 3 is 2.42 bits per heavy atom. The lowest BCUT2D eigenvalue weighted by molar-refractivity contribution is 0.0948. The minimum atomic E-state index is -0.219. The lowest BCUT2D eigenvalue weighted by Crippen LogP contribution is -2.25. The number of carbonyl (C=O) groups excluding carboxylic acids is 1. The number of halogens is 1. The molecule has 0 unspecified atom stereocenters. The first-order valence-electron chi connectivity index (χ1n) is 8.37. The van der Waals surface area contributed by atoms with Crippen molar-refractivity contribution >= 4 is 29.0 Å². The van der Waals surface area contributed by atoms with Gasteiger partial charge in [0.25, 0.3) is 5.91 Å². The fourth-order valence-electron chi connectivity index (χ4n) is 2.42.